The average Bonchev–Trinajstić information content (AvgIpc) is 3.05. The predicted octanol–water partition coefficient (Wildman–Crippen LogP) is 2.77. The van der Waals surface area contributed by atoms with Crippen molar-refractivity contribution in [1.29, 1.82) is 0 Å². The summed E-state index contributed by atoms with van der Waals surface area (Å²) in [6.07, 6.45) is 5.29. The standard InChI is InChI=1S/C13H13N5S2/c1-7-15-11-10(8-4-3-5-9(8)19-11)12(16-7)20-13-17-14-6-18(13)2/h6H,3-5H2,1-2H3. The quantitative estimate of drug-likeness (QED) is 0.681. The van der Waals surface area contributed by atoms with E-state index in [1.54, 1.807) is 18.1 Å². The Balaban J connectivity index is 1.91. The van der Waals surface area contributed by atoms with Gasteiger partial charge in [0.05, 0.1) is 0 Å². The van der Waals surface area contributed by atoms with Crippen LogP contribution in [0.1, 0.15) is 22.7 Å². The van der Waals surface area contributed by atoms with Gasteiger partial charge in [-0.15, -0.1) is 21.5 Å². The van der Waals surface area contributed by atoms with E-state index in [1.807, 2.05) is 29.9 Å². The molecule has 5 nitrogen and oxygen atoms in total. The van der Waals surface area contributed by atoms with Gasteiger partial charge in [-0.2, -0.15) is 0 Å². The molecule has 20 heavy (non-hydrogen) atoms. The summed E-state index contributed by atoms with van der Waals surface area (Å²) in [6, 6.07) is 0. The van der Waals surface area contributed by atoms with Gasteiger partial charge in [0.15, 0.2) is 5.16 Å². The molecule has 0 aromatic carbocycles. The lowest BCUT2D eigenvalue weighted by atomic mass is 10.2. The Hall–Kier alpha value is -1.47. The minimum Gasteiger partial charge on any atom is -0.311 e. The Bertz CT molecular complexity index is 805. The van der Waals surface area contributed by atoms with E-state index in [1.165, 1.54) is 28.7 Å². The molecule has 1 aliphatic rings. The Morgan fingerprint density at radius 3 is 3.00 bits per heavy atom. The first-order chi connectivity index (χ1) is 9.72. The van der Waals surface area contributed by atoms with Crippen LogP contribution in [0.15, 0.2) is 16.5 Å². The van der Waals surface area contributed by atoms with Crippen LogP contribution < -0.4 is 0 Å². The van der Waals surface area contributed by atoms with Crippen molar-refractivity contribution in [1.82, 2.24) is 24.7 Å². The molecule has 1 aliphatic carbocycles. The number of nitrogens with zero attached hydrogens (tertiary/aromatic N) is 5. The number of hydrogen-bond acceptors (Lipinski definition) is 6. The maximum Gasteiger partial charge on any atom is 0.197 e. The minimum absolute atomic E-state index is 0.821. The number of thiophene rings is 1. The molecular weight excluding hydrogens is 290 g/mol. The van der Waals surface area contributed by atoms with Crippen molar-refractivity contribution in [2.24, 2.45) is 7.05 Å². The maximum atomic E-state index is 4.64. The molecule has 0 N–H and O–H groups in total. The SMILES string of the molecule is Cc1nc(Sc2nncn2C)c2c3c(sc2n1)CCC3. The average molecular weight is 303 g/mol. The predicted molar refractivity (Wildman–Crippen MR) is 79.3 cm³/mol. The van der Waals surface area contributed by atoms with Crippen molar-refractivity contribution < 1.29 is 0 Å². The van der Waals surface area contributed by atoms with Crippen LogP contribution in [0.2, 0.25) is 0 Å². The zero-order chi connectivity index (χ0) is 13.7. The summed E-state index contributed by atoms with van der Waals surface area (Å²) in [4.78, 5) is 11.9. The maximum absolute atomic E-state index is 4.64. The normalized spacial score (nSPS) is 14.1. The first-order valence-corrected chi connectivity index (χ1v) is 8.16. The highest BCUT2D eigenvalue weighted by Gasteiger charge is 2.22. The Morgan fingerprint density at radius 2 is 2.20 bits per heavy atom. The fourth-order valence-electron chi connectivity index (χ4n) is 2.59. The van der Waals surface area contributed by atoms with Gasteiger partial charge in [-0.1, -0.05) is 0 Å². The summed E-state index contributed by atoms with van der Waals surface area (Å²) in [7, 11) is 1.95. The molecule has 3 aromatic rings. The molecule has 0 bridgehead atoms. The second kappa shape index (κ2) is 4.53. The molecular formula is C13H13N5S2. The Morgan fingerprint density at radius 1 is 1.30 bits per heavy atom. The summed E-state index contributed by atoms with van der Waals surface area (Å²) >= 11 is 3.40. The summed E-state index contributed by atoms with van der Waals surface area (Å²) in [5.41, 5.74) is 1.45. The Labute approximate surface area is 124 Å². The van der Waals surface area contributed by atoms with Crippen molar-refractivity contribution in [3.05, 3.63) is 22.6 Å². The zero-order valence-electron chi connectivity index (χ0n) is 11.3. The highest BCUT2D eigenvalue weighted by molar-refractivity contribution is 7.99. The molecule has 0 aliphatic heterocycles. The molecule has 0 saturated carbocycles. The van der Waals surface area contributed by atoms with Crippen LogP contribution in [0.25, 0.3) is 10.2 Å². The molecule has 4 rings (SSSR count). The minimum atomic E-state index is 0.821. The van der Waals surface area contributed by atoms with E-state index in [0.29, 0.717) is 0 Å². The first-order valence-electron chi connectivity index (χ1n) is 6.53. The van der Waals surface area contributed by atoms with Crippen LogP contribution in [-0.4, -0.2) is 24.7 Å². The lowest BCUT2D eigenvalue weighted by Gasteiger charge is -2.04. The summed E-state index contributed by atoms with van der Waals surface area (Å²) < 4.78 is 1.92. The third-order valence-corrected chi connectivity index (χ3v) is 5.73. The fraction of sp³-hybridized carbons (Fsp3) is 0.385. The molecule has 0 spiro atoms. The Kier molecular flexibility index (Phi) is 2.78. The van der Waals surface area contributed by atoms with Gasteiger partial charge in [-0.25, -0.2) is 9.97 Å². The molecule has 0 atom stereocenters. The number of aromatic nitrogens is 5. The van der Waals surface area contributed by atoms with Crippen molar-refractivity contribution in [2.75, 3.05) is 0 Å². The van der Waals surface area contributed by atoms with Gasteiger partial charge >= 0.3 is 0 Å². The molecule has 0 saturated heterocycles. The smallest absolute Gasteiger partial charge is 0.197 e. The second-order valence-corrected chi connectivity index (χ2v) is 6.98. The summed E-state index contributed by atoms with van der Waals surface area (Å²) in [6.45, 7) is 1.95. The van der Waals surface area contributed by atoms with Gasteiger partial charge < -0.3 is 4.57 Å². The van der Waals surface area contributed by atoms with Crippen LogP contribution in [0.5, 0.6) is 0 Å². The van der Waals surface area contributed by atoms with E-state index in [9.17, 15) is 0 Å². The second-order valence-electron chi connectivity index (χ2n) is 4.94. The molecule has 0 unspecified atom stereocenters. The highest BCUT2D eigenvalue weighted by atomic mass is 32.2. The van der Waals surface area contributed by atoms with E-state index in [-0.39, 0.29) is 0 Å². The van der Waals surface area contributed by atoms with Crippen LogP contribution in [0.3, 0.4) is 0 Å². The van der Waals surface area contributed by atoms with Crippen molar-refractivity contribution >= 4 is 33.3 Å². The number of rotatable bonds is 2. The van der Waals surface area contributed by atoms with Crippen LogP contribution >= 0.6 is 23.1 Å². The van der Waals surface area contributed by atoms with E-state index in [2.05, 4.69) is 20.2 Å². The number of hydrogen-bond donors (Lipinski definition) is 0. The van der Waals surface area contributed by atoms with Gasteiger partial charge in [-0.3, -0.25) is 0 Å². The molecule has 102 valence electrons. The van der Waals surface area contributed by atoms with Crippen molar-refractivity contribution in [2.45, 2.75) is 36.4 Å². The van der Waals surface area contributed by atoms with E-state index < -0.39 is 0 Å². The third kappa shape index (κ3) is 1.84. The van der Waals surface area contributed by atoms with Crippen LogP contribution in [0.4, 0.5) is 0 Å². The molecule has 7 heteroatoms. The van der Waals surface area contributed by atoms with Crippen molar-refractivity contribution in [3.8, 4) is 0 Å². The van der Waals surface area contributed by atoms with Gasteiger partial charge in [0.2, 0.25) is 0 Å². The molecule has 0 amide bonds. The van der Waals surface area contributed by atoms with Crippen LogP contribution in [0, 0.1) is 6.92 Å². The van der Waals surface area contributed by atoms with E-state index in [0.717, 1.165) is 27.3 Å². The number of fused-ring (bicyclic) bond motifs is 3. The first kappa shape index (κ1) is 12.3. The van der Waals surface area contributed by atoms with Gasteiger partial charge in [-0.05, 0) is 43.5 Å². The highest BCUT2D eigenvalue weighted by Crippen LogP contribution is 2.41. The van der Waals surface area contributed by atoms with Gasteiger partial charge in [0.25, 0.3) is 0 Å². The molecule has 3 heterocycles. The third-order valence-electron chi connectivity index (χ3n) is 3.50. The summed E-state index contributed by atoms with van der Waals surface area (Å²) in [5.74, 6) is 0.821. The van der Waals surface area contributed by atoms with E-state index in [4.69, 9.17) is 0 Å². The van der Waals surface area contributed by atoms with E-state index >= 15 is 0 Å². The molecule has 3 aromatic heterocycles. The topological polar surface area (TPSA) is 56.5 Å². The fourth-order valence-corrected chi connectivity index (χ4v) is 4.91. The molecule has 0 fully saturated rings. The van der Waals surface area contributed by atoms with Crippen molar-refractivity contribution in [3.63, 3.8) is 0 Å². The lowest BCUT2D eigenvalue weighted by Crippen LogP contribution is -1.94. The number of aryl methyl sites for hydroxylation is 4. The lowest BCUT2D eigenvalue weighted by molar-refractivity contribution is 0.787. The molecule has 0 radical (unpaired) electrons. The largest absolute Gasteiger partial charge is 0.311 e. The van der Waals surface area contributed by atoms with Gasteiger partial charge in [0.1, 0.15) is 22.0 Å². The zero-order valence-corrected chi connectivity index (χ0v) is 12.9. The summed E-state index contributed by atoms with van der Waals surface area (Å²) in [5, 5.41) is 11.2. The van der Waals surface area contributed by atoms with Crippen LogP contribution in [-0.2, 0) is 19.9 Å². The van der Waals surface area contributed by atoms with Gasteiger partial charge in [0, 0.05) is 17.3 Å². The monoisotopic (exact) mass is 303 g/mol.